The molecule has 5 N–H and O–H groups in total. The standard InChI is InChI=1S/C11H19N5O/c1-16-4-5-17-8(7-16)6-14-10-3-2-9(12)11(13)15-10/h2-3,8H,4-7,12H2,1H3,(H3,13,14,15). The van der Waals surface area contributed by atoms with Crippen LogP contribution in [-0.4, -0.2) is 49.3 Å². The topological polar surface area (TPSA) is 89.4 Å². The Balaban J connectivity index is 1.86. The van der Waals surface area contributed by atoms with Gasteiger partial charge in [0.25, 0.3) is 0 Å². The summed E-state index contributed by atoms with van der Waals surface area (Å²) in [5.74, 6) is 1.09. The molecule has 0 aliphatic carbocycles. The van der Waals surface area contributed by atoms with Gasteiger partial charge in [-0.05, 0) is 19.2 Å². The van der Waals surface area contributed by atoms with E-state index in [0.29, 0.717) is 11.5 Å². The number of nitrogens with one attached hydrogen (secondary N) is 1. The fourth-order valence-corrected chi connectivity index (χ4v) is 1.79. The number of ether oxygens (including phenoxy) is 1. The van der Waals surface area contributed by atoms with Gasteiger partial charge >= 0.3 is 0 Å². The van der Waals surface area contributed by atoms with Gasteiger partial charge in [-0.15, -0.1) is 0 Å². The number of nitrogens with two attached hydrogens (primary N) is 2. The number of hydrogen-bond donors (Lipinski definition) is 3. The summed E-state index contributed by atoms with van der Waals surface area (Å²) in [6.07, 6.45) is 0.189. The normalized spacial score (nSPS) is 21.4. The molecule has 17 heavy (non-hydrogen) atoms. The lowest BCUT2D eigenvalue weighted by Crippen LogP contribution is -2.43. The molecule has 1 aromatic rings. The number of anilines is 3. The van der Waals surface area contributed by atoms with Crippen molar-refractivity contribution in [3.63, 3.8) is 0 Å². The molecule has 2 heterocycles. The van der Waals surface area contributed by atoms with Crippen molar-refractivity contribution in [2.45, 2.75) is 6.10 Å². The van der Waals surface area contributed by atoms with Gasteiger partial charge in [-0.25, -0.2) is 4.98 Å². The molecule has 0 bridgehead atoms. The second kappa shape index (κ2) is 5.20. The van der Waals surface area contributed by atoms with Crippen LogP contribution in [-0.2, 0) is 4.74 Å². The van der Waals surface area contributed by atoms with Crippen molar-refractivity contribution in [1.82, 2.24) is 9.88 Å². The van der Waals surface area contributed by atoms with Crippen LogP contribution >= 0.6 is 0 Å². The molecule has 1 fully saturated rings. The van der Waals surface area contributed by atoms with E-state index < -0.39 is 0 Å². The lowest BCUT2D eigenvalue weighted by molar-refractivity contribution is -0.0117. The van der Waals surface area contributed by atoms with Gasteiger partial charge < -0.3 is 26.4 Å². The Morgan fingerprint density at radius 2 is 2.35 bits per heavy atom. The predicted molar refractivity (Wildman–Crippen MR) is 68.8 cm³/mol. The van der Waals surface area contributed by atoms with Crippen LogP contribution in [0.15, 0.2) is 12.1 Å². The van der Waals surface area contributed by atoms with E-state index in [1.54, 1.807) is 6.07 Å². The highest BCUT2D eigenvalue weighted by Gasteiger charge is 2.17. The van der Waals surface area contributed by atoms with Gasteiger partial charge in [0.2, 0.25) is 0 Å². The van der Waals surface area contributed by atoms with E-state index in [2.05, 4.69) is 22.2 Å². The molecule has 1 atom stereocenters. The van der Waals surface area contributed by atoms with Crippen molar-refractivity contribution >= 4 is 17.3 Å². The van der Waals surface area contributed by atoms with Crippen molar-refractivity contribution in [3.05, 3.63) is 12.1 Å². The first-order valence-corrected chi connectivity index (χ1v) is 5.71. The molecule has 1 unspecified atom stereocenters. The highest BCUT2D eigenvalue weighted by atomic mass is 16.5. The minimum Gasteiger partial charge on any atom is -0.396 e. The lowest BCUT2D eigenvalue weighted by Gasteiger charge is -2.30. The minimum atomic E-state index is 0.189. The molecule has 0 aromatic carbocycles. The fourth-order valence-electron chi connectivity index (χ4n) is 1.79. The Hall–Kier alpha value is -1.53. The van der Waals surface area contributed by atoms with Crippen molar-refractivity contribution in [2.24, 2.45) is 0 Å². The van der Waals surface area contributed by atoms with Gasteiger partial charge in [0.1, 0.15) is 11.6 Å². The maximum Gasteiger partial charge on any atom is 0.149 e. The van der Waals surface area contributed by atoms with Crippen LogP contribution in [0.4, 0.5) is 17.3 Å². The second-order valence-electron chi connectivity index (χ2n) is 4.31. The minimum absolute atomic E-state index is 0.189. The van der Waals surface area contributed by atoms with E-state index in [0.717, 1.165) is 32.1 Å². The van der Waals surface area contributed by atoms with E-state index in [-0.39, 0.29) is 6.10 Å². The molecular weight excluding hydrogens is 218 g/mol. The number of likely N-dealkylation sites (N-methyl/N-ethyl adjacent to an activating group) is 1. The van der Waals surface area contributed by atoms with Crippen LogP contribution in [0, 0.1) is 0 Å². The third-order valence-corrected chi connectivity index (χ3v) is 2.81. The summed E-state index contributed by atoms with van der Waals surface area (Å²) < 4.78 is 5.64. The number of aromatic nitrogens is 1. The highest BCUT2D eigenvalue weighted by molar-refractivity contribution is 5.61. The number of nitrogens with zero attached hydrogens (tertiary/aromatic N) is 2. The third kappa shape index (κ3) is 3.21. The van der Waals surface area contributed by atoms with Gasteiger partial charge in [-0.2, -0.15) is 0 Å². The predicted octanol–water partition coefficient (Wildman–Crippen LogP) is -0.0115. The quantitative estimate of drug-likeness (QED) is 0.685. The summed E-state index contributed by atoms with van der Waals surface area (Å²) in [6, 6.07) is 3.57. The first-order chi connectivity index (χ1) is 8.15. The number of pyridine rings is 1. The van der Waals surface area contributed by atoms with Crippen molar-refractivity contribution in [1.29, 1.82) is 0 Å². The third-order valence-electron chi connectivity index (χ3n) is 2.81. The Morgan fingerprint density at radius 3 is 3.06 bits per heavy atom. The zero-order chi connectivity index (χ0) is 12.3. The number of morpholine rings is 1. The van der Waals surface area contributed by atoms with E-state index >= 15 is 0 Å². The molecule has 0 saturated carbocycles. The average Bonchev–Trinajstić information content (AvgIpc) is 2.31. The molecule has 6 nitrogen and oxygen atoms in total. The molecule has 6 heteroatoms. The summed E-state index contributed by atoms with van der Waals surface area (Å²) in [5, 5.41) is 3.20. The molecule has 1 saturated heterocycles. The van der Waals surface area contributed by atoms with Gasteiger partial charge in [-0.3, -0.25) is 0 Å². The van der Waals surface area contributed by atoms with Crippen LogP contribution in [0.25, 0.3) is 0 Å². The van der Waals surface area contributed by atoms with E-state index in [1.807, 2.05) is 6.07 Å². The monoisotopic (exact) mass is 237 g/mol. The van der Waals surface area contributed by atoms with Gasteiger partial charge in [0, 0.05) is 19.6 Å². The molecule has 0 spiro atoms. The summed E-state index contributed by atoms with van der Waals surface area (Å²) in [4.78, 5) is 6.40. The molecule has 1 aliphatic heterocycles. The summed E-state index contributed by atoms with van der Waals surface area (Å²) in [7, 11) is 2.09. The van der Waals surface area contributed by atoms with Crippen molar-refractivity contribution < 1.29 is 4.74 Å². The summed E-state index contributed by atoms with van der Waals surface area (Å²) >= 11 is 0. The molecule has 94 valence electrons. The number of hydrogen-bond acceptors (Lipinski definition) is 6. The van der Waals surface area contributed by atoms with Gasteiger partial charge in [0.05, 0.1) is 18.4 Å². The largest absolute Gasteiger partial charge is 0.396 e. The first-order valence-electron chi connectivity index (χ1n) is 5.71. The molecule has 0 radical (unpaired) electrons. The van der Waals surface area contributed by atoms with Crippen LogP contribution in [0.2, 0.25) is 0 Å². The number of nitrogen functional groups attached to an aromatic ring is 2. The second-order valence-corrected chi connectivity index (χ2v) is 4.31. The molecular formula is C11H19N5O. The fraction of sp³-hybridized carbons (Fsp3) is 0.545. The van der Waals surface area contributed by atoms with Crippen molar-refractivity contribution in [2.75, 3.05) is 50.1 Å². The van der Waals surface area contributed by atoms with E-state index in [1.165, 1.54) is 0 Å². The lowest BCUT2D eigenvalue weighted by atomic mass is 10.3. The van der Waals surface area contributed by atoms with Crippen LogP contribution in [0.5, 0.6) is 0 Å². The van der Waals surface area contributed by atoms with Crippen molar-refractivity contribution in [3.8, 4) is 0 Å². The Bertz CT molecular complexity index is 384. The van der Waals surface area contributed by atoms with Crippen LogP contribution < -0.4 is 16.8 Å². The average molecular weight is 237 g/mol. The Kier molecular flexibility index (Phi) is 3.65. The van der Waals surface area contributed by atoms with Gasteiger partial charge in [0.15, 0.2) is 0 Å². The maximum absolute atomic E-state index is 5.64. The molecule has 1 aliphatic rings. The maximum atomic E-state index is 5.64. The van der Waals surface area contributed by atoms with Crippen LogP contribution in [0.1, 0.15) is 0 Å². The summed E-state index contributed by atoms with van der Waals surface area (Å²) in [5.41, 5.74) is 11.7. The zero-order valence-electron chi connectivity index (χ0n) is 10.0. The molecule has 2 rings (SSSR count). The van der Waals surface area contributed by atoms with E-state index in [4.69, 9.17) is 16.2 Å². The Morgan fingerprint density at radius 1 is 1.53 bits per heavy atom. The SMILES string of the molecule is CN1CCOC(CNc2ccc(N)c(N)n2)C1. The smallest absolute Gasteiger partial charge is 0.149 e. The Labute approximate surface area is 101 Å². The highest BCUT2D eigenvalue weighted by Crippen LogP contribution is 2.14. The molecule has 0 amide bonds. The van der Waals surface area contributed by atoms with Gasteiger partial charge in [-0.1, -0.05) is 0 Å². The van der Waals surface area contributed by atoms with E-state index in [9.17, 15) is 0 Å². The number of rotatable bonds is 3. The zero-order valence-corrected chi connectivity index (χ0v) is 10.0. The molecule has 1 aromatic heterocycles. The summed E-state index contributed by atoms with van der Waals surface area (Å²) in [6.45, 7) is 3.42. The van der Waals surface area contributed by atoms with Crippen LogP contribution in [0.3, 0.4) is 0 Å². The first kappa shape index (κ1) is 11.9.